The molecule has 0 aromatic carbocycles. The van der Waals surface area contributed by atoms with E-state index in [1.54, 1.807) is 0 Å². The van der Waals surface area contributed by atoms with E-state index in [9.17, 15) is 39.5 Å². The van der Waals surface area contributed by atoms with Gasteiger partial charge in [0.25, 0.3) is 0 Å². The van der Waals surface area contributed by atoms with Gasteiger partial charge in [0.1, 0.15) is 0 Å². The van der Waals surface area contributed by atoms with Crippen LogP contribution in [0.25, 0.3) is 0 Å². The minimum absolute atomic E-state index is 4.97. The normalized spacial score (nSPS) is 17.2. The molecule has 79 valence electrons. The molecule has 10 heteroatoms. The highest BCUT2D eigenvalue weighted by Gasteiger charge is 2.78. The van der Waals surface area contributed by atoms with Crippen molar-refractivity contribution < 1.29 is 39.5 Å². The second-order valence-electron chi connectivity index (χ2n) is 1.83. The van der Waals surface area contributed by atoms with E-state index in [0.29, 0.717) is 0 Å². The molecule has 0 amide bonds. The third-order valence-electron chi connectivity index (χ3n) is 0.959. The van der Waals surface area contributed by atoms with Gasteiger partial charge in [0.15, 0.2) is 0 Å². The molecule has 0 aromatic heterocycles. The van der Waals surface area contributed by atoms with Crippen molar-refractivity contribution in [3.05, 3.63) is 0 Å². The Labute approximate surface area is 69.0 Å². The van der Waals surface area contributed by atoms with Crippen molar-refractivity contribution in [3.8, 4) is 0 Å². The predicted molar refractivity (Wildman–Crippen MR) is 24.8 cm³/mol. The quantitative estimate of drug-likeness (QED) is 0.637. The fraction of sp³-hybridized carbons (Fsp3) is 1.00. The molecule has 2 nitrogen and oxygen atoms in total. The first-order valence-corrected chi connectivity index (χ1v) is 3.44. The Balaban J connectivity index is 5.35. The average Bonchev–Trinajstić information content (AvgIpc) is 1.80. The lowest BCUT2D eigenvalue weighted by Crippen LogP contribution is -2.55. The summed E-state index contributed by atoms with van der Waals surface area (Å²) in [4.78, 5) is 0. The van der Waals surface area contributed by atoms with E-state index in [0.717, 1.165) is 0 Å². The Bertz CT molecular complexity index is 203. The zero-order valence-electron chi connectivity index (χ0n) is 5.37. The first kappa shape index (κ1) is 12.6. The summed E-state index contributed by atoms with van der Waals surface area (Å²) in [6, 6.07) is 0. The van der Waals surface area contributed by atoms with Gasteiger partial charge in [-0.2, -0.15) is 26.3 Å². The average molecular weight is 233 g/mol. The Morgan fingerprint density at radius 1 is 0.769 bits per heavy atom. The standard InChI is InChI=1S/C3F7O2S/c4-1(13(11)12,2(5,6)7)3(8,9)10. The van der Waals surface area contributed by atoms with Crippen molar-refractivity contribution in [2.75, 3.05) is 0 Å². The van der Waals surface area contributed by atoms with Crippen molar-refractivity contribution >= 4 is 11.1 Å². The van der Waals surface area contributed by atoms with Crippen molar-refractivity contribution in [2.45, 2.75) is 17.4 Å². The molecule has 0 aromatic rings. The number of hydrogen-bond donors (Lipinski definition) is 0. The van der Waals surface area contributed by atoms with Crippen LogP contribution in [0.15, 0.2) is 0 Å². The van der Waals surface area contributed by atoms with Crippen molar-refractivity contribution in [3.63, 3.8) is 0 Å². The molecule has 0 bridgehead atoms. The van der Waals surface area contributed by atoms with E-state index in [-0.39, 0.29) is 0 Å². The summed E-state index contributed by atoms with van der Waals surface area (Å²) in [5.41, 5.74) is 0. The summed E-state index contributed by atoms with van der Waals surface area (Å²) in [6.07, 6.45) is -13.1. The molecule has 1 atom stereocenters. The van der Waals surface area contributed by atoms with Crippen LogP contribution in [0.5, 0.6) is 0 Å². The molecule has 0 N–H and O–H groups in total. The van der Waals surface area contributed by atoms with Crippen molar-refractivity contribution in [1.82, 2.24) is 0 Å². The van der Waals surface area contributed by atoms with E-state index in [2.05, 4.69) is 0 Å². The highest BCUT2D eigenvalue weighted by molar-refractivity contribution is 7.80. The van der Waals surface area contributed by atoms with Crippen LogP contribution in [0.2, 0.25) is 0 Å². The smallest absolute Gasteiger partial charge is 0.223 e. The van der Waals surface area contributed by atoms with Gasteiger partial charge in [-0.05, 0) is 0 Å². The molecular formula is C3F7O2S. The maximum Gasteiger partial charge on any atom is 0.446 e. The van der Waals surface area contributed by atoms with E-state index in [1.807, 2.05) is 0 Å². The third-order valence-corrected chi connectivity index (χ3v) is 1.88. The first-order chi connectivity index (χ1) is 5.44. The van der Waals surface area contributed by atoms with Crippen LogP contribution in [0, 0.1) is 0 Å². The van der Waals surface area contributed by atoms with Gasteiger partial charge >= 0.3 is 17.4 Å². The van der Waals surface area contributed by atoms with Gasteiger partial charge in [0.05, 0.1) is 0 Å². The largest absolute Gasteiger partial charge is 0.446 e. The van der Waals surface area contributed by atoms with E-state index < -0.39 is 28.4 Å². The Morgan fingerprint density at radius 3 is 1.00 bits per heavy atom. The van der Waals surface area contributed by atoms with E-state index in [1.165, 1.54) is 0 Å². The van der Waals surface area contributed by atoms with Gasteiger partial charge in [0.2, 0.25) is 11.1 Å². The van der Waals surface area contributed by atoms with Gasteiger partial charge in [-0.3, -0.25) is 0 Å². The lowest BCUT2D eigenvalue weighted by atomic mass is 10.3. The predicted octanol–water partition coefficient (Wildman–Crippen LogP) is 1.87. The third kappa shape index (κ3) is 1.93. The van der Waals surface area contributed by atoms with Crippen molar-refractivity contribution in [1.29, 1.82) is 0 Å². The van der Waals surface area contributed by atoms with Crippen molar-refractivity contribution in [2.24, 2.45) is 0 Å². The minimum atomic E-state index is -6.54. The zero-order valence-corrected chi connectivity index (χ0v) is 6.19. The lowest BCUT2D eigenvalue weighted by molar-refractivity contribution is -0.306. The van der Waals surface area contributed by atoms with Gasteiger partial charge in [0, 0.05) is 0 Å². The Morgan fingerprint density at radius 2 is 1.00 bits per heavy atom. The van der Waals surface area contributed by atoms with Crippen LogP contribution in [-0.2, 0) is 15.6 Å². The summed E-state index contributed by atoms with van der Waals surface area (Å²) in [7, 11) is 0. The number of alkyl halides is 7. The topological polar surface area (TPSA) is 37.0 Å². The second-order valence-corrected chi connectivity index (χ2v) is 2.86. The van der Waals surface area contributed by atoms with Crippen LogP contribution in [0.4, 0.5) is 30.7 Å². The molecule has 0 saturated heterocycles. The zero-order chi connectivity index (χ0) is 11.1. The maximum atomic E-state index is 12.1. The van der Waals surface area contributed by atoms with Gasteiger partial charge < -0.3 is 0 Å². The maximum absolute atomic E-state index is 12.1. The van der Waals surface area contributed by atoms with E-state index >= 15 is 0 Å². The number of halogens is 7. The van der Waals surface area contributed by atoms with Gasteiger partial charge in [-0.1, -0.05) is 0 Å². The molecular weight excluding hydrogens is 233 g/mol. The fourth-order valence-corrected chi connectivity index (χ4v) is 0.728. The molecule has 0 saturated carbocycles. The number of rotatable bonds is 1. The molecule has 13 heavy (non-hydrogen) atoms. The monoisotopic (exact) mass is 233 g/mol. The molecule has 0 aliphatic heterocycles. The molecule has 1 unspecified atom stereocenters. The first-order valence-electron chi connectivity index (χ1n) is 2.36. The summed E-state index contributed by atoms with van der Waals surface area (Å²) < 4.78 is 99.2. The molecule has 0 rings (SSSR count). The SMILES string of the molecule is [O]S(=O)C(F)(C(F)(F)F)C(F)(F)F. The van der Waals surface area contributed by atoms with Crippen LogP contribution in [0.1, 0.15) is 0 Å². The molecule has 0 heterocycles. The van der Waals surface area contributed by atoms with E-state index in [4.69, 9.17) is 0 Å². The fourth-order valence-electron chi connectivity index (χ4n) is 0.350. The van der Waals surface area contributed by atoms with Crippen LogP contribution in [0.3, 0.4) is 0 Å². The van der Waals surface area contributed by atoms with Crippen LogP contribution in [-0.4, -0.2) is 21.6 Å². The van der Waals surface area contributed by atoms with Crippen LogP contribution < -0.4 is 0 Å². The van der Waals surface area contributed by atoms with Gasteiger partial charge in [-0.15, -0.1) is 4.55 Å². The molecule has 0 fully saturated rings. The summed E-state index contributed by atoms with van der Waals surface area (Å²) in [5.74, 6) is 0. The minimum Gasteiger partial charge on any atom is -0.223 e. The second kappa shape index (κ2) is 3.08. The Kier molecular flexibility index (Phi) is 2.99. The molecule has 0 aliphatic rings. The van der Waals surface area contributed by atoms with Crippen LogP contribution >= 0.6 is 0 Å². The molecule has 1 radical (unpaired) electrons. The summed E-state index contributed by atoms with van der Waals surface area (Å²) >= 11 is -4.97. The molecule has 0 spiro atoms. The lowest BCUT2D eigenvalue weighted by Gasteiger charge is -2.25. The highest BCUT2D eigenvalue weighted by Crippen LogP contribution is 2.47. The van der Waals surface area contributed by atoms with Gasteiger partial charge in [-0.25, -0.2) is 8.60 Å². The highest BCUT2D eigenvalue weighted by atomic mass is 32.2. The molecule has 0 aliphatic carbocycles. The number of hydrogen-bond acceptors (Lipinski definition) is 1. The summed E-state index contributed by atoms with van der Waals surface area (Å²) in [5, 5.41) is -6.21. The summed E-state index contributed by atoms with van der Waals surface area (Å²) in [6.45, 7) is 0. The Hall–Kier alpha value is -0.380.